The van der Waals surface area contributed by atoms with Gasteiger partial charge in [0.15, 0.2) is 0 Å². The molecule has 48 heavy (non-hydrogen) atoms. The zero-order valence-electron chi connectivity index (χ0n) is 32.2. The van der Waals surface area contributed by atoms with Crippen LogP contribution in [0.2, 0.25) is 0 Å². The molecule has 0 aromatic heterocycles. The maximum absolute atomic E-state index is 12.8. The Labute approximate surface area is 297 Å². The van der Waals surface area contributed by atoms with Crippen molar-refractivity contribution in [2.75, 3.05) is 40.9 Å². The van der Waals surface area contributed by atoms with E-state index in [0.29, 0.717) is 23.9 Å². The van der Waals surface area contributed by atoms with Gasteiger partial charge in [-0.25, -0.2) is 4.57 Å². The van der Waals surface area contributed by atoms with Crippen LogP contribution in [0.15, 0.2) is 12.2 Å². The van der Waals surface area contributed by atoms with Crippen LogP contribution in [0.1, 0.15) is 181 Å². The summed E-state index contributed by atoms with van der Waals surface area (Å²) in [6, 6.07) is -0.769. The van der Waals surface area contributed by atoms with Crippen molar-refractivity contribution in [1.82, 2.24) is 5.32 Å². The molecule has 0 bridgehead atoms. The van der Waals surface area contributed by atoms with Gasteiger partial charge < -0.3 is 19.8 Å². The van der Waals surface area contributed by atoms with Crippen LogP contribution in [0, 0.1) is 0 Å². The molecule has 0 heterocycles. The number of amides is 1. The minimum absolute atomic E-state index is 0.0718. The van der Waals surface area contributed by atoms with E-state index in [0.717, 1.165) is 44.9 Å². The molecule has 0 aromatic rings. The maximum atomic E-state index is 12.8. The van der Waals surface area contributed by atoms with Crippen molar-refractivity contribution in [3.63, 3.8) is 0 Å². The van der Waals surface area contributed by atoms with E-state index in [9.17, 15) is 19.4 Å². The largest absolute Gasteiger partial charge is 0.472 e. The first-order valence-corrected chi connectivity index (χ1v) is 21.5. The lowest BCUT2D eigenvalue weighted by Crippen LogP contribution is -2.46. The van der Waals surface area contributed by atoms with Crippen LogP contribution >= 0.6 is 7.82 Å². The predicted molar refractivity (Wildman–Crippen MR) is 203 cm³/mol. The number of phosphoric acid groups is 1. The van der Waals surface area contributed by atoms with Crippen LogP contribution < -0.4 is 5.32 Å². The Kier molecular flexibility index (Phi) is 31.7. The van der Waals surface area contributed by atoms with Crippen LogP contribution in [0.4, 0.5) is 0 Å². The van der Waals surface area contributed by atoms with Gasteiger partial charge in [0.25, 0.3) is 0 Å². The molecule has 286 valence electrons. The standard InChI is InChI=1S/C39H79N2O6P/c1-6-8-10-12-14-16-18-20-22-24-26-28-30-32-38(42)37(36-47-48(44,45)46-35-34-41(3,4)5)40-39(43)33-31-29-27-25-23-21-19-17-15-13-11-9-7-2/h22,24,37-38,42H,6-21,23,25-36H2,1-5H3,(H-,40,43,44,45)/p+1/b24-22+/t37-,38+/m0/s1. The normalized spacial score (nSPS) is 14.7. The second-order valence-corrected chi connectivity index (χ2v) is 16.5. The fourth-order valence-corrected chi connectivity index (χ4v) is 6.48. The van der Waals surface area contributed by atoms with E-state index in [4.69, 9.17) is 9.05 Å². The van der Waals surface area contributed by atoms with Crippen LogP contribution in [-0.4, -0.2) is 73.4 Å². The van der Waals surface area contributed by atoms with Gasteiger partial charge in [-0.05, 0) is 38.5 Å². The van der Waals surface area contributed by atoms with E-state index in [1.54, 1.807) is 0 Å². The highest BCUT2D eigenvalue weighted by Crippen LogP contribution is 2.43. The van der Waals surface area contributed by atoms with E-state index in [-0.39, 0.29) is 19.1 Å². The molecule has 1 unspecified atom stereocenters. The molecule has 9 heteroatoms. The number of quaternary nitrogens is 1. The lowest BCUT2D eigenvalue weighted by molar-refractivity contribution is -0.870. The van der Waals surface area contributed by atoms with Gasteiger partial charge in [-0.2, -0.15) is 0 Å². The summed E-state index contributed by atoms with van der Waals surface area (Å²) in [5.74, 6) is -0.155. The van der Waals surface area contributed by atoms with Gasteiger partial charge in [0.2, 0.25) is 5.91 Å². The third-order valence-corrected chi connectivity index (χ3v) is 10.00. The summed E-state index contributed by atoms with van der Waals surface area (Å²) in [5.41, 5.74) is 0. The van der Waals surface area contributed by atoms with Gasteiger partial charge in [0, 0.05) is 6.42 Å². The zero-order chi connectivity index (χ0) is 35.8. The highest BCUT2D eigenvalue weighted by molar-refractivity contribution is 7.47. The molecule has 3 atom stereocenters. The predicted octanol–water partition coefficient (Wildman–Crippen LogP) is 10.4. The SMILES string of the molecule is CCCCCCCCC/C=C/CCCC[C@@H](O)[C@H](COP(=O)(O)OCC[N+](C)(C)C)NC(=O)CCCCCCCCCCCCCCC. The number of rotatable bonds is 36. The molecular formula is C39H80N2O6P+. The molecule has 0 radical (unpaired) electrons. The minimum Gasteiger partial charge on any atom is -0.391 e. The second kappa shape index (κ2) is 32.2. The van der Waals surface area contributed by atoms with E-state index >= 15 is 0 Å². The van der Waals surface area contributed by atoms with Crippen LogP contribution in [0.3, 0.4) is 0 Å². The topological polar surface area (TPSA) is 105 Å². The molecule has 0 fully saturated rings. The lowest BCUT2D eigenvalue weighted by Gasteiger charge is -2.26. The number of allylic oxidation sites excluding steroid dienone is 2. The van der Waals surface area contributed by atoms with Crippen LogP contribution in [0.5, 0.6) is 0 Å². The number of carbonyl (C=O) groups excluding carboxylic acids is 1. The average Bonchev–Trinajstić information content (AvgIpc) is 3.02. The molecule has 0 aliphatic rings. The van der Waals surface area contributed by atoms with Gasteiger partial charge in [0.05, 0.1) is 39.9 Å². The number of nitrogens with one attached hydrogen (secondary N) is 1. The first-order valence-electron chi connectivity index (χ1n) is 20.1. The van der Waals surface area contributed by atoms with Crippen molar-refractivity contribution < 1.29 is 32.9 Å². The van der Waals surface area contributed by atoms with Crippen molar-refractivity contribution >= 4 is 13.7 Å². The number of aliphatic hydroxyl groups is 1. The molecule has 0 saturated carbocycles. The first kappa shape index (κ1) is 47.2. The number of hydrogen-bond donors (Lipinski definition) is 3. The Hall–Kier alpha value is -0.760. The average molecular weight is 704 g/mol. The monoisotopic (exact) mass is 704 g/mol. The van der Waals surface area contributed by atoms with E-state index in [1.807, 2.05) is 21.1 Å². The Morgan fingerprint density at radius 1 is 0.688 bits per heavy atom. The molecular weight excluding hydrogens is 623 g/mol. The Balaban J connectivity index is 4.47. The van der Waals surface area contributed by atoms with Gasteiger partial charge in [-0.15, -0.1) is 0 Å². The van der Waals surface area contributed by atoms with E-state index < -0.39 is 20.0 Å². The Morgan fingerprint density at radius 3 is 1.60 bits per heavy atom. The number of likely N-dealkylation sites (N-methyl/N-ethyl adjacent to an activating group) is 1. The van der Waals surface area contributed by atoms with E-state index in [2.05, 4.69) is 31.3 Å². The molecule has 0 spiro atoms. The highest BCUT2D eigenvalue weighted by Gasteiger charge is 2.28. The van der Waals surface area contributed by atoms with Gasteiger partial charge in [-0.1, -0.05) is 148 Å². The van der Waals surface area contributed by atoms with Gasteiger partial charge >= 0.3 is 7.82 Å². The first-order chi connectivity index (χ1) is 23.0. The number of carbonyl (C=O) groups is 1. The number of aliphatic hydroxyl groups excluding tert-OH is 1. The number of hydrogen-bond acceptors (Lipinski definition) is 5. The van der Waals surface area contributed by atoms with Crippen molar-refractivity contribution in [2.45, 2.75) is 193 Å². The quantitative estimate of drug-likeness (QED) is 0.0260. The maximum Gasteiger partial charge on any atom is 0.472 e. The molecule has 3 N–H and O–H groups in total. The smallest absolute Gasteiger partial charge is 0.391 e. The third-order valence-electron chi connectivity index (χ3n) is 9.01. The second-order valence-electron chi connectivity index (χ2n) is 15.0. The highest BCUT2D eigenvalue weighted by atomic mass is 31.2. The van der Waals surface area contributed by atoms with Crippen molar-refractivity contribution in [1.29, 1.82) is 0 Å². The minimum atomic E-state index is -4.31. The summed E-state index contributed by atoms with van der Waals surface area (Å²) < 4.78 is 23.5. The number of unbranched alkanes of at least 4 members (excludes halogenated alkanes) is 21. The summed E-state index contributed by atoms with van der Waals surface area (Å²) in [5, 5.41) is 13.9. The molecule has 8 nitrogen and oxygen atoms in total. The van der Waals surface area contributed by atoms with Crippen molar-refractivity contribution in [3.8, 4) is 0 Å². The molecule has 1 amide bonds. The summed E-state index contributed by atoms with van der Waals surface area (Å²) in [6.07, 6.45) is 33.7. The van der Waals surface area contributed by atoms with Crippen LogP contribution in [0.25, 0.3) is 0 Å². The lowest BCUT2D eigenvalue weighted by atomic mass is 10.0. The van der Waals surface area contributed by atoms with Gasteiger partial charge in [0.1, 0.15) is 13.2 Å². The Morgan fingerprint density at radius 2 is 1.12 bits per heavy atom. The van der Waals surface area contributed by atoms with Gasteiger partial charge in [-0.3, -0.25) is 13.8 Å². The van der Waals surface area contributed by atoms with Crippen LogP contribution in [-0.2, 0) is 18.4 Å². The molecule has 0 rings (SSSR count). The number of nitrogens with zero attached hydrogens (tertiary/aromatic N) is 1. The van der Waals surface area contributed by atoms with Crippen molar-refractivity contribution in [2.24, 2.45) is 0 Å². The summed E-state index contributed by atoms with van der Waals surface area (Å²) in [4.78, 5) is 23.0. The summed E-state index contributed by atoms with van der Waals surface area (Å²) >= 11 is 0. The third kappa shape index (κ3) is 33.7. The zero-order valence-corrected chi connectivity index (χ0v) is 33.1. The van der Waals surface area contributed by atoms with E-state index in [1.165, 1.54) is 109 Å². The molecule has 0 saturated heterocycles. The number of phosphoric ester groups is 1. The fraction of sp³-hybridized carbons (Fsp3) is 0.923. The molecule has 0 aliphatic heterocycles. The molecule has 0 aliphatic carbocycles. The Bertz CT molecular complexity index is 804. The summed E-state index contributed by atoms with van der Waals surface area (Å²) in [7, 11) is 1.60. The fourth-order valence-electron chi connectivity index (χ4n) is 5.74. The van der Waals surface area contributed by atoms with Crippen molar-refractivity contribution in [3.05, 3.63) is 12.2 Å². The molecule has 0 aromatic carbocycles. The summed E-state index contributed by atoms with van der Waals surface area (Å²) in [6.45, 7) is 4.85.